The average Bonchev–Trinajstić information content (AvgIpc) is 3.75. The molecule has 1 aromatic carbocycles. The van der Waals surface area contributed by atoms with E-state index in [2.05, 4.69) is 10.2 Å². The summed E-state index contributed by atoms with van der Waals surface area (Å²) in [5.74, 6) is -0.139. The number of thiazole rings is 1. The van der Waals surface area contributed by atoms with Crippen molar-refractivity contribution in [1.29, 1.82) is 0 Å². The topological polar surface area (TPSA) is 131 Å². The average molecular weight is 712 g/mol. The summed E-state index contributed by atoms with van der Waals surface area (Å²) < 4.78 is 16.8. The van der Waals surface area contributed by atoms with E-state index in [1.165, 1.54) is 23.3 Å². The SMILES string of the molecule is CCO[C@@H]1C[C@@H]2CN(C(=O)[C@@H](NC(=O)[C@H](C)N(C)C(=O)OC(C)(C)C)C3CCCCC3)[C@H](c3nc(C(=O)c4ccc(OC)cc4)cs3)CN2C1. The lowest BCUT2D eigenvalue weighted by molar-refractivity contribution is -0.144. The number of fused-ring (bicyclic) bond motifs is 1. The van der Waals surface area contributed by atoms with Gasteiger partial charge in [-0.3, -0.25) is 24.2 Å². The zero-order valence-corrected chi connectivity index (χ0v) is 31.3. The number of aromatic nitrogens is 1. The predicted molar refractivity (Wildman–Crippen MR) is 190 cm³/mol. The first-order valence-electron chi connectivity index (χ1n) is 17.9. The molecule has 5 atom stereocenters. The third-order valence-electron chi connectivity index (χ3n) is 10.1. The van der Waals surface area contributed by atoms with Crippen molar-refractivity contribution in [2.24, 2.45) is 5.92 Å². The fourth-order valence-corrected chi connectivity index (χ4v) is 8.14. The summed E-state index contributed by atoms with van der Waals surface area (Å²) in [7, 11) is 3.11. The highest BCUT2D eigenvalue weighted by Crippen LogP contribution is 2.37. The van der Waals surface area contributed by atoms with Gasteiger partial charge in [-0.25, -0.2) is 9.78 Å². The van der Waals surface area contributed by atoms with Gasteiger partial charge in [0.2, 0.25) is 17.6 Å². The summed E-state index contributed by atoms with van der Waals surface area (Å²) in [4.78, 5) is 65.3. The maximum absolute atomic E-state index is 14.9. The van der Waals surface area contributed by atoms with Crippen LogP contribution in [0.25, 0.3) is 0 Å². The van der Waals surface area contributed by atoms with Crippen molar-refractivity contribution < 1.29 is 33.4 Å². The van der Waals surface area contributed by atoms with E-state index in [4.69, 9.17) is 19.2 Å². The molecule has 2 aliphatic heterocycles. The van der Waals surface area contributed by atoms with Crippen LogP contribution in [0.15, 0.2) is 29.6 Å². The Hall–Kier alpha value is -3.55. The van der Waals surface area contributed by atoms with Gasteiger partial charge in [-0.1, -0.05) is 19.3 Å². The number of methoxy groups -OCH3 is 1. The molecule has 1 N–H and O–H groups in total. The summed E-state index contributed by atoms with van der Waals surface area (Å²) in [6.45, 7) is 11.4. The maximum atomic E-state index is 14.9. The number of nitrogens with zero attached hydrogens (tertiary/aromatic N) is 4. The van der Waals surface area contributed by atoms with Gasteiger partial charge >= 0.3 is 6.09 Å². The molecule has 13 heteroatoms. The molecule has 1 aromatic heterocycles. The molecule has 3 aliphatic rings. The molecule has 2 saturated heterocycles. The van der Waals surface area contributed by atoms with Crippen LogP contribution < -0.4 is 10.1 Å². The van der Waals surface area contributed by atoms with Crippen LogP contribution in [0.1, 0.15) is 100 Å². The molecule has 3 fully saturated rings. The largest absolute Gasteiger partial charge is 0.497 e. The molecule has 274 valence electrons. The summed E-state index contributed by atoms with van der Waals surface area (Å²) in [5, 5.41) is 5.54. The van der Waals surface area contributed by atoms with Crippen molar-refractivity contribution >= 4 is 35.0 Å². The van der Waals surface area contributed by atoms with Crippen molar-refractivity contribution in [1.82, 2.24) is 25.0 Å². The van der Waals surface area contributed by atoms with Crippen LogP contribution in [-0.4, -0.2) is 114 Å². The first-order valence-corrected chi connectivity index (χ1v) is 18.7. The van der Waals surface area contributed by atoms with Crippen LogP contribution in [0.2, 0.25) is 0 Å². The fraction of sp³-hybridized carbons (Fsp3) is 0.649. The van der Waals surface area contributed by atoms with Crippen LogP contribution in [0.3, 0.4) is 0 Å². The summed E-state index contributed by atoms with van der Waals surface area (Å²) in [6.07, 6.45) is 4.98. The number of ether oxygens (including phenoxy) is 3. The number of carbonyl (C=O) groups is 4. The number of amides is 3. The van der Waals surface area contributed by atoms with Crippen LogP contribution in [0.4, 0.5) is 4.79 Å². The normalized spacial score (nSPS) is 22.7. The number of carbonyl (C=O) groups excluding carboxylic acids is 4. The number of piperazine rings is 1. The van der Waals surface area contributed by atoms with E-state index < -0.39 is 35.7 Å². The first-order chi connectivity index (χ1) is 23.8. The van der Waals surface area contributed by atoms with Crippen LogP contribution >= 0.6 is 11.3 Å². The molecule has 2 aromatic rings. The Morgan fingerprint density at radius 2 is 1.76 bits per heavy atom. The van der Waals surface area contributed by atoms with Crippen molar-refractivity contribution in [3.05, 3.63) is 45.9 Å². The van der Waals surface area contributed by atoms with E-state index in [0.717, 1.165) is 45.1 Å². The van der Waals surface area contributed by atoms with Crippen molar-refractivity contribution in [3.8, 4) is 5.75 Å². The van der Waals surface area contributed by atoms with Crippen LogP contribution in [0, 0.1) is 5.92 Å². The van der Waals surface area contributed by atoms with E-state index in [0.29, 0.717) is 41.7 Å². The Bertz CT molecular complexity index is 1500. The monoisotopic (exact) mass is 711 g/mol. The summed E-state index contributed by atoms with van der Waals surface area (Å²) in [6, 6.07) is 5.00. The molecular formula is C37H53N5O7S. The van der Waals surface area contributed by atoms with E-state index >= 15 is 0 Å². The smallest absolute Gasteiger partial charge is 0.410 e. The second-order valence-corrected chi connectivity index (χ2v) is 15.6. The number of ketones is 1. The molecule has 0 radical (unpaired) electrons. The second-order valence-electron chi connectivity index (χ2n) is 14.7. The van der Waals surface area contributed by atoms with E-state index in [1.807, 2.05) is 11.8 Å². The number of rotatable bonds is 11. The molecule has 12 nitrogen and oxygen atoms in total. The molecule has 1 aliphatic carbocycles. The first kappa shape index (κ1) is 37.7. The summed E-state index contributed by atoms with van der Waals surface area (Å²) >= 11 is 1.38. The molecule has 0 spiro atoms. The fourth-order valence-electron chi connectivity index (χ4n) is 7.24. The third kappa shape index (κ3) is 8.84. The molecule has 0 unspecified atom stereocenters. The number of nitrogens with one attached hydrogen (secondary N) is 1. The molecule has 3 heterocycles. The lowest BCUT2D eigenvalue weighted by atomic mass is 9.82. The van der Waals surface area contributed by atoms with E-state index in [1.54, 1.807) is 64.5 Å². The zero-order chi connectivity index (χ0) is 36.2. The van der Waals surface area contributed by atoms with Gasteiger partial charge in [-0.05, 0) is 84.1 Å². The molecule has 1 saturated carbocycles. The van der Waals surface area contributed by atoms with E-state index in [9.17, 15) is 19.2 Å². The van der Waals surface area contributed by atoms with Gasteiger partial charge in [-0.2, -0.15) is 0 Å². The highest BCUT2D eigenvalue weighted by molar-refractivity contribution is 7.10. The van der Waals surface area contributed by atoms with Gasteiger partial charge < -0.3 is 24.4 Å². The Kier molecular flexibility index (Phi) is 12.2. The maximum Gasteiger partial charge on any atom is 0.410 e. The van der Waals surface area contributed by atoms with Gasteiger partial charge in [0.15, 0.2) is 0 Å². The van der Waals surface area contributed by atoms with E-state index in [-0.39, 0.29) is 29.8 Å². The minimum absolute atomic E-state index is 0.0406. The Labute approximate surface area is 299 Å². The minimum Gasteiger partial charge on any atom is -0.497 e. The van der Waals surface area contributed by atoms with Crippen molar-refractivity contribution in [2.45, 2.75) is 109 Å². The van der Waals surface area contributed by atoms with Gasteiger partial charge in [0.05, 0.1) is 19.3 Å². The van der Waals surface area contributed by atoms with Crippen molar-refractivity contribution in [3.63, 3.8) is 0 Å². The van der Waals surface area contributed by atoms with Gasteiger partial charge in [-0.15, -0.1) is 11.3 Å². The Balaban J connectivity index is 1.42. The summed E-state index contributed by atoms with van der Waals surface area (Å²) in [5.41, 5.74) is 0.119. The second kappa shape index (κ2) is 16.2. The van der Waals surface area contributed by atoms with Crippen LogP contribution in [0.5, 0.6) is 5.75 Å². The van der Waals surface area contributed by atoms with Crippen molar-refractivity contribution in [2.75, 3.05) is 40.4 Å². The Morgan fingerprint density at radius 3 is 2.40 bits per heavy atom. The molecule has 5 rings (SSSR count). The molecule has 3 amide bonds. The minimum atomic E-state index is -0.858. The number of hydrogen-bond donors (Lipinski definition) is 1. The highest BCUT2D eigenvalue weighted by atomic mass is 32.1. The molecule has 0 bridgehead atoms. The van der Waals surface area contributed by atoms with Crippen LogP contribution in [-0.2, 0) is 19.1 Å². The quantitative estimate of drug-likeness (QED) is 0.318. The van der Waals surface area contributed by atoms with Gasteiger partial charge in [0.1, 0.15) is 34.1 Å². The number of hydrogen-bond acceptors (Lipinski definition) is 10. The number of benzene rings is 1. The zero-order valence-electron chi connectivity index (χ0n) is 30.5. The number of likely N-dealkylation sites (N-methyl/N-ethyl adjacent to an activating group) is 1. The third-order valence-corrected chi connectivity index (χ3v) is 11.0. The predicted octanol–water partition coefficient (Wildman–Crippen LogP) is 5.07. The molecular weight excluding hydrogens is 659 g/mol. The lowest BCUT2D eigenvalue weighted by Crippen LogP contribution is -2.61. The van der Waals surface area contributed by atoms with Gasteiger partial charge in [0, 0.05) is 50.3 Å². The van der Waals surface area contributed by atoms with Gasteiger partial charge in [0.25, 0.3) is 0 Å². The standard InChI is InChI=1S/C37H53N5O7S/c1-8-48-28-18-26-19-42(30(21-41(26)20-28)34-38-29(22-50-34)32(43)25-14-16-27(47-7)17-15-25)35(45)31(24-12-10-9-11-13-24)39-33(44)23(2)40(6)36(46)49-37(3,4)5/h14-17,22-24,26,28,30-31H,8-13,18-21H2,1-7H3,(H,39,44)/t23-,26+,28+,30-,31-/m0/s1. The lowest BCUT2D eigenvalue weighted by Gasteiger charge is -2.45. The highest BCUT2D eigenvalue weighted by Gasteiger charge is 2.46. The Morgan fingerprint density at radius 1 is 1.06 bits per heavy atom. The molecule has 50 heavy (non-hydrogen) atoms.